The zero-order valence-corrected chi connectivity index (χ0v) is 28.2. The monoisotopic (exact) mass is 676 g/mol. The topological polar surface area (TPSA) is 177 Å². The van der Waals surface area contributed by atoms with E-state index in [0.717, 1.165) is 11.8 Å². The molecule has 1 aromatic heterocycles. The number of benzene rings is 1. The number of rotatable bonds is 4. The normalized spacial score (nSPS) is 26.0. The Morgan fingerprint density at radius 2 is 1.92 bits per heavy atom. The largest absolute Gasteiger partial charge is 0.460 e. The van der Waals surface area contributed by atoms with Gasteiger partial charge < -0.3 is 29.2 Å². The van der Waals surface area contributed by atoms with Crippen LogP contribution >= 0.6 is 0 Å². The molecule has 0 aliphatic carbocycles. The van der Waals surface area contributed by atoms with Gasteiger partial charge >= 0.3 is 12.1 Å². The number of nitrogens with one attached hydrogen (secondary N) is 2. The van der Waals surface area contributed by atoms with Crippen LogP contribution in [0.1, 0.15) is 62.0 Å². The van der Waals surface area contributed by atoms with E-state index < -0.39 is 48.1 Å². The summed E-state index contributed by atoms with van der Waals surface area (Å²) in [6.45, 7) is 7.62. The summed E-state index contributed by atoms with van der Waals surface area (Å²) >= 11 is 0. The van der Waals surface area contributed by atoms with Crippen molar-refractivity contribution in [3.05, 3.63) is 83.6 Å². The van der Waals surface area contributed by atoms with Gasteiger partial charge in [0.1, 0.15) is 24.2 Å². The highest BCUT2D eigenvalue weighted by Crippen LogP contribution is 2.26. The molecule has 262 valence electrons. The van der Waals surface area contributed by atoms with Crippen LogP contribution in [-0.2, 0) is 30.3 Å². The first-order valence-corrected chi connectivity index (χ1v) is 16.4. The fraction of sp³-hybridized carbons (Fsp3) is 0.444. The number of aliphatic hydroxyl groups excluding tert-OH is 1. The van der Waals surface area contributed by atoms with Crippen LogP contribution in [0.15, 0.2) is 70.9 Å². The van der Waals surface area contributed by atoms with Gasteiger partial charge in [-0.05, 0) is 44.9 Å². The molecule has 3 N–H and O–H groups in total. The molecule has 0 saturated carbocycles. The van der Waals surface area contributed by atoms with Crippen LogP contribution in [-0.4, -0.2) is 82.6 Å². The number of Topliss-reactive ketones (excluding diaryl/α,β-unsaturated/α-hetero) is 1. The maximum absolute atomic E-state index is 13.7. The van der Waals surface area contributed by atoms with Crippen LogP contribution < -0.4 is 10.6 Å². The zero-order chi connectivity index (χ0) is 35.5. The first-order valence-electron chi connectivity index (χ1n) is 16.4. The fourth-order valence-electron chi connectivity index (χ4n) is 5.64. The van der Waals surface area contributed by atoms with Crippen molar-refractivity contribution in [3.8, 4) is 0 Å². The van der Waals surface area contributed by atoms with Crippen molar-refractivity contribution in [3.63, 3.8) is 0 Å². The third-order valence-electron chi connectivity index (χ3n) is 8.23. The number of carbonyl (C=O) groups excluding carboxylic acids is 5. The Morgan fingerprint density at radius 1 is 1.16 bits per heavy atom. The van der Waals surface area contributed by atoms with Gasteiger partial charge in [-0.3, -0.25) is 19.7 Å². The molecule has 0 spiro atoms. The fourth-order valence-corrected chi connectivity index (χ4v) is 5.64. The van der Waals surface area contributed by atoms with Gasteiger partial charge in [-0.2, -0.15) is 0 Å². The number of anilines is 1. The average Bonchev–Trinajstić information content (AvgIpc) is 3.74. The Balaban J connectivity index is 1.54. The highest BCUT2D eigenvalue weighted by atomic mass is 16.6. The predicted molar refractivity (Wildman–Crippen MR) is 179 cm³/mol. The number of hydrogen-bond acceptors (Lipinski definition) is 10. The first kappa shape index (κ1) is 36.8. The van der Waals surface area contributed by atoms with Crippen LogP contribution in [0.3, 0.4) is 0 Å². The number of hydrogen-bond donors (Lipinski definition) is 3. The predicted octanol–water partition coefficient (Wildman–Crippen LogP) is 4.07. The summed E-state index contributed by atoms with van der Waals surface area (Å²) in [5.41, 5.74) is 2.24. The Bertz CT molecular complexity index is 1590. The van der Waals surface area contributed by atoms with Gasteiger partial charge in [-0.15, -0.1) is 0 Å². The van der Waals surface area contributed by atoms with E-state index >= 15 is 0 Å². The lowest BCUT2D eigenvalue weighted by molar-refractivity contribution is -0.159. The molecule has 2 aliphatic heterocycles. The number of oxazole rings is 1. The third-order valence-corrected chi connectivity index (χ3v) is 8.23. The zero-order valence-electron chi connectivity index (χ0n) is 28.2. The molecule has 2 aliphatic rings. The number of aromatic nitrogens is 1. The van der Waals surface area contributed by atoms with E-state index in [2.05, 4.69) is 15.6 Å². The van der Waals surface area contributed by atoms with Gasteiger partial charge in [0.25, 0.3) is 5.91 Å². The number of carbonyl (C=O) groups is 5. The molecule has 1 aromatic carbocycles. The number of esters is 1. The summed E-state index contributed by atoms with van der Waals surface area (Å²) in [5, 5.41) is 15.8. The van der Waals surface area contributed by atoms with Crippen molar-refractivity contribution in [1.82, 2.24) is 15.2 Å². The van der Waals surface area contributed by atoms with E-state index in [-0.39, 0.29) is 55.8 Å². The number of fused-ring (bicyclic) bond motifs is 3. The molecule has 0 unspecified atom stereocenters. The Kier molecular flexibility index (Phi) is 13.1. The number of cyclic esters (lactones) is 1. The SMILES string of the molecule is CC1=C\[C@@H](O)CC(=O)Cc2nc(co2)C(=O)N2CCC[C@@H]2C(=O)O[C@H]([C@H](C)COC(=O)Nc2ccc(C)cc2)[C@H](C)/C=C/C(=O)NC\C=C\1. The van der Waals surface area contributed by atoms with Crippen LogP contribution in [0, 0.1) is 18.8 Å². The van der Waals surface area contributed by atoms with Crippen molar-refractivity contribution in [2.45, 2.75) is 71.6 Å². The minimum Gasteiger partial charge on any atom is -0.460 e. The van der Waals surface area contributed by atoms with Crippen molar-refractivity contribution in [2.24, 2.45) is 11.8 Å². The van der Waals surface area contributed by atoms with E-state index in [1.54, 1.807) is 51.1 Å². The molecular weight excluding hydrogens is 632 g/mol. The van der Waals surface area contributed by atoms with Crippen molar-refractivity contribution >= 4 is 35.3 Å². The van der Waals surface area contributed by atoms with E-state index in [1.807, 2.05) is 19.1 Å². The number of ketones is 1. The summed E-state index contributed by atoms with van der Waals surface area (Å²) in [6.07, 6.45) is 7.00. The number of aliphatic hydroxyl groups is 1. The molecule has 2 bridgehead atoms. The molecule has 3 heterocycles. The minimum atomic E-state index is -1.05. The number of nitrogens with zero attached hydrogens (tertiary/aromatic N) is 2. The summed E-state index contributed by atoms with van der Waals surface area (Å²) in [4.78, 5) is 70.4. The van der Waals surface area contributed by atoms with E-state index in [9.17, 15) is 29.1 Å². The van der Waals surface area contributed by atoms with Crippen LogP contribution in [0.4, 0.5) is 10.5 Å². The van der Waals surface area contributed by atoms with Crippen molar-refractivity contribution < 1.29 is 43.0 Å². The maximum Gasteiger partial charge on any atom is 0.411 e. The minimum absolute atomic E-state index is 0.0227. The second-order valence-electron chi connectivity index (χ2n) is 12.5. The van der Waals surface area contributed by atoms with Gasteiger partial charge in [0.05, 0.1) is 19.1 Å². The van der Waals surface area contributed by atoms with Crippen molar-refractivity contribution in [1.29, 1.82) is 0 Å². The van der Waals surface area contributed by atoms with Crippen LogP contribution in [0.5, 0.6) is 0 Å². The summed E-state index contributed by atoms with van der Waals surface area (Å²) < 4.78 is 16.9. The number of ether oxygens (including phenoxy) is 2. The highest BCUT2D eigenvalue weighted by Gasteiger charge is 2.39. The molecule has 4 rings (SSSR count). The molecule has 2 aromatic rings. The quantitative estimate of drug-likeness (QED) is 0.400. The van der Waals surface area contributed by atoms with Gasteiger partial charge in [0.15, 0.2) is 5.69 Å². The average molecular weight is 677 g/mol. The first-order chi connectivity index (χ1) is 23.4. The second kappa shape index (κ2) is 17.4. The lowest BCUT2D eigenvalue weighted by Crippen LogP contribution is -2.44. The van der Waals surface area contributed by atoms with Crippen molar-refractivity contribution in [2.75, 3.05) is 25.0 Å². The highest BCUT2D eigenvalue weighted by molar-refractivity contribution is 5.95. The molecule has 1 fully saturated rings. The molecule has 1 saturated heterocycles. The summed E-state index contributed by atoms with van der Waals surface area (Å²) in [5.74, 6) is -2.88. The Labute approximate surface area is 285 Å². The Morgan fingerprint density at radius 3 is 2.67 bits per heavy atom. The molecule has 0 radical (unpaired) electrons. The van der Waals surface area contributed by atoms with E-state index in [4.69, 9.17) is 13.9 Å². The summed E-state index contributed by atoms with van der Waals surface area (Å²) in [6, 6.07) is 6.31. The smallest absolute Gasteiger partial charge is 0.411 e. The van der Waals surface area contributed by atoms with Crippen LogP contribution in [0.2, 0.25) is 0 Å². The van der Waals surface area contributed by atoms with E-state index in [1.165, 1.54) is 17.1 Å². The molecular formula is C36H44N4O9. The third kappa shape index (κ3) is 11.0. The molecule has 49 heavy (non-hydrogen) atoms. The lowest BCUT2D eigenvalue weighted by atomic mass is 9.93. The van der Waals surface area contributed by atoms with E-state index in [0.29, 0.717) is 24.1 Å². The van der Waals surface area contributed by atoms with Crippen LogP contribution in [0.25, 0.3) is 0 Å². The molecule has 13 heteroatoms. The number of aryl methyl sites for hydroxylation is 1. The summed E-state index contributed by atoms with van der Waals surface area (Å²) in [7, 11) is 0. The number of allylic oxidation sites excluding steroid dienone is 2. The van der Waals surface area contributed by atoms with Gasteiger partial charge in [0, 0.05) is 37.0 Å². The maximum atomic E-state index is 13.7. The lowest BCUT2D eigenvalue weighted by Gasteiger charge is -2.30. The van der Waals surface area contributed by atoms with Gasteiger partial charge in [-0.25, -0.2) is 14.6 Å². The number of amides is 3. The molecule has 3 amide bonds. The Hall–Kier alpha value is -5.04. The second-order valence-corrected chi connectivity index (χ2v) is 12.5. The molecule has 5 atom stereocenters. The standard InChI is InChI=1S/C36H44N4O9/c1-22-9-12-26(13-10-22)38-36(46)48-20-25(4)33-24(3)11-14-31(43)37-15-5-7-23(2)17-27(41)18-28(42)19-32-39-29(21-47-32)34(44)40-16-6-8-30(40)35(45)49-33/h5,7,9-14,17,21,24-25,27,30,33,41H,6,8,15-16,18-20H2,1-4H3,(H,37,43)(H,38,46)/b7-5+,14-11+,23-17+/t24-,25-,27-,30-,33+/m1/s1. The molecule has 13 nitrogen and oxygen atoms in total. The van der Waals surface area contributed by atoms with Gasteiger partial charge in [0.2, 0.25) is 11.8 Å². The van der Waals surface area contributed by atoms with Gasteiger partial charge in [-0.1, -0.05) is 61.4 Å².